The van der Waals surface area contributed by atoms with Gasteiger partial charge in [0.2, 0.25) is 5.91 Å². The highest BCUT2D eigenvalue weighted by Crippen LogP contribution is 2.26. The Labute approximate surface area is 147 Å². The van der Waals surface area contributed by atoms with Gasteiger partial charge in [-0.15, -0.1) is 0 Å². The van der Waals surface area contributed by atoms with E-state index in [1.165, 1.54) is 0 Å². The van der Waals surface area contributed by atoms with Crippen LogP contribution in [-0.2, 0) is 4.79 Å². The van der Waals surface area contributed by atoms with E-state index in [1.807, 2.05) is 24.3 Å². The van der Waals surface area contributed by atoms with Gasteiger partial charge in [0.05, 0.1) is 24.6 Å². The number of hydrogen-bond acceptors (Lipinski definition) is 5. The zero-order chi connectivity index (χ0) is 17.2. The minimum atomic E-state index is -0.236. The van der Waals surface area contributed by atoms with Crippen molar-refractivity contribution < 1.29 is 9.21 Å². The van der Waals surface area contributed by atoms with Crippen LogP contribution in [0.15, 0.2) is 34.9 Å². The van der Waals surface area contributed by atoms with Gasteiger partial charge in [-0.2, -0.15) is 5.26 Å². The Hall–Kier alpha value is -2.52. The van der Waals surface area contributed by atoms with Gasteiger partial charge in [0, 0.05) is 31.1 Å². The van der Waals surface area contributed by atoms with Crippen molar-refractivity contribution in [2.24, 2.45) is 0 Å². The topological polar surface area (TPSA) is 72.5 Å². The Kier molecular flexibility index (Phi) is 4.33. The molecule has 0 aliphatic carbocycles. The molecule has 1 amide bonds. The predicted molar refractivity (Wildman–Crippen MR) is 95.0 cm³/mol. The Balaban J connectivity index is 1.35. The molecule has 2 atom stereocenters. The highest BCUT2D eigenvalue weighted by Gasteiger charge is 2.31. The van der Waals surface area contributed by atoms with Gasteiger partial charge in [-0.05, 0) is 31.4 Å². The van der Waals surface area contributed by atoms with Crippen molar-refractivity contribution in [1.29, 1.82) is 5.26 Å². The molecule has 2 aromatic rings. The maximum atomic E-state index is 12.5. The van der Waals surface area contributed by atoms with E-state index >= 15 is 0 Å². The SMILES string of the molecule is N#C[C@@H]1CCCN1C(=O)CN1CC[C@H](Nc2cccc3ccoc23)C1. The van der Waals surface area contributed by atoms with Gasteiger partial charge in [0.1, 0.15) is 6.04 Å². The van der Waals surface area contributed by atoms with Crippen molar-refractivity contribution >= 4 is 22.6 Å². The third-order valence-electron chi connectivity index (χ3n) is 5.19. The number of nitrogens with zero attached hydrogens (tertiary/aromatic N) is 3. The summed E-state index contributed by atoms with van der Waals surface area (Å²) in [5.74, 6) is 0.0813. The molecule has 6 nitrogen and oxygen atoms in total. The number of furan rings is 1. The first-order valence-corrected chi connectivity index (χ1v) is 8.89. The van der Waals surface area contributed by atoms with Crippen LogP contribution in [0.3, 0.4) is 0 Å². The third kappa shape index (κ3) is 3.20. The van der Waals surface area contributed by atoms with Crippen molar-refractivity contribution in [3.8, 4) is 6.07 Å². The van der Waals surface area contributed by atoms with Crippen molar-refractivity contribution in [2.45, 2.75) is 31.3 Å². The first-order chi connectivity index (χ1) is 12.2. The van der Waals surface area contributed by atoms with Gasteiger partial charge >= 0.3 is 0 Å². The molecule has 6 heteroatoms. The molecule has 3 heterocycles. The number of hydrogen-bond donors (Lipinski definition) is 1. The molecular weight excluding hydrogens is 316 g/mol. The third-order valence-corrected chi connectivity index (χ3v) is 5.19. The molecule has 0 unspecified atom stereocenters. The summed E-state index contributed by atoms with van der Waals surface area (Å²) in [6.07, 6.45) is 4.43. The predicted octanol–water partition coefficient (Wildman–Crippen LogP) is 2.43. The average molecular weight is 338 g/mol. The van der Waals surface area contributed by atoms with E-state index in [-0.39, 0.29) is 11.9 Å². The molecule has 0 radical (unpaired) electrons. The van der Waals surface area contributed by atoms with Crippen molar-refractivity contribution in [3.63, 3.8) is 0 Å². The summed E-state index contributed by atoms with van der Waals surface area (Å²) in [7, 11) is 0. The number of carbonyl (C=O) groups excluding carboxylic acids is 1. The molecule has 2 fully saturated rings. The number of nitriles is 1. The number of para-hydroxylation sites is 1. The maximum Gasteiger partial charge on any atom is 0.237 e. The molecule has 1 aromatic carbocycles. The smallest absolute Gasteiger partial charge is 0.237 e. The Bertz CT molecular complexity index is 809. The lowest BCUT2D eigenvalue weighted by Crippen LogP contribution is -2.42. The minimum Gasteiger partial charge on any atom is -0.462 e. The first-order valence-electron chi connectivity index (χ1n) is 8.89. The quantitative estimate of drug-likeness (QED) is 0.927. The van der Waals surface area contributed by atoms with Gasteiger partial charge in [0.15, 0.2) is 5.58 Å². The van der Waals surface area contributed by atoms with E-state index in [0.29, 0.717) is 19.1 Å². The summed E-state index contributed by atoms with van der Waals surface area (Å²) < 4.78 is 5.57. The summed E-state index contributed by atoms with van der Waals surface area (Å²) >= 11 is 0. The molecule has 2 saturated heterocycles. The number of benzene rings is 1. The fraction of sp³-hybridized carbons (Fsp3) is 0.474. The van der Waals surface area contributed by atoms with Crippen LogP contribution in [0.5, 0.6) is 0 Å². The molecule has 2 aliphatic heterocycles. The van der Waals surface area contributed by atoms with E-state index in [1.54, 1.807) is 11.2 Å². The van der Waals surface area contributed by atoms with Crippen molar-refractivity contribution in [1.82, 2.24) is 9.80 Å². The fourth-order valence-corrected chi connectivity index (χ4v) is 3.90. The second kappa shape index (κ2) is 6.77. The van der Waals surface area contributed by atoms with E-state index < -0.39 is 0 Å². The Morgan fingerprint density at radius 2 is 2.24 bits per heavy atom. The summed E-state index contributed by atoms with van der Waals surface area (Å²) in [5, 5.41) is 13.8. The molecule has 1 aromatic heterocycles. The number of nitrogens with one attached hydrogen (secondary N) is 1. The van der Waals surface area contributed by atoms with Crippen LogP contribution < -0.4 is 5.32 Å². The number of fused-ring (bicyclic) bond motifs is 1. The van der Waals surface area contributed by atoms with Crippen LogP contribution in [0.2, 0.25) is 0 Å². The van der Waals surface area contributed by atoms with E-state index in [9.17, 15) is 4.79 Å². The monoisotopic (exact) mass is 338 g/mol. The zero-order valence-electron chi connectivity index (χ0n) is 14.1. The number of likely N-dealkylation sites (tertiary alicyclic amines) is 2. The van der Waals surface area contributed by atoms with Crippen LogP contribution in [0.4, 0.5) is 5.69 Å². The lowest BCUT2D eigenvalue weighted by molar-refractivity contribution is -0.132. The van der Waals surface area contributed by atoms with Crippen molar-refractivity contribution in [2.75, 3.05) is 31.5 Å². The molecule has 4 rings (SSSR count). The lowest BCUT2D eigenvalue weighted by Gasteiger charge is -2.23. The second-order valence-corrected chi connectivity index (χ2v) is 6.88. The summed E-state index contributed by atoms with van der Waals surface area (Å²) in [5.41, 5.74) is 1.88. The van der Waals surface area contributed by atoms with E-state index in [0.717, 1.165) is 49.0 Å². The largest absolute Gasteiger partial charge is 0.462 e. The summed E-state index contributed by atoms with van der Waals surface area (Å²) in [4.78, 5) is 16.4. The summed E-state index contributed by atoms with van der Waals surface area (Å²) in [6.45, 7) is 2.84. The van der Waals surface area contributed by atoms with Gasteiger partial charge in [-0.25, -0.2) is 0 Å². The Morgan fingerprint density at radius 3 is 3.12 bits per heavy atom. The average Bonchev–Trinajstić information content (AvgIpc) is 3.35. The molecule has 2 aliphatic rings. The van der Waals surface area contributed by atoms with Crippen molar-refractivity contribution in [3.05, 3.63) is 30.5 Å². The molecule has 130 valence electrons. The Morgan fingerprint density at radius 1 is 1.32 bits per heavy atom. The number of rotatable bonds is 4. The van der Waals surface area contributed by atoms with Gasteiger partial charge in [-0.1, -0.05) is 12.1 Å². The van der Waals surface area contributed by atoms with Gasteiger partial charge in [0.25, 0.3) is 0 Å². The zero-order valence-corrected chi connectivity index (χ0v) is 14.1. The summed E-state index contributed by atoms with van der Waals surface area (Å²) in [6, 6.07) is 10.3. The molecular formula is C19H22N4O2. The molecule has 0 saturated carbocycles. The van der Waals surface area contributed by atoms with Crippen LogP contribution in [-0.4, -0.2) is 54.0 Å². The van der Waals surface area contributed by atoms with E-state index in [4.69, 9.17) is 9.68 Å². The number of anilines is 1. The van der Waals surface area contributed by atoms with Crippen LogP contribution in [0, 0.1) is 11.3 Å². The molecule has 25 heavy (non-hydrogen) atoms. The standard InChI is InChI=1S/C19H22N4O2/c20-11-16-4-2-8-23(16)18(24)13-22-9-6-15(12-22)21-17-5-1-3-14-7-10-25-19(14)17/h1,3,5,7,10,15-16,21H,2,4,6,8-9,12-13H2/t15-,16-/m0/s1. The van der Waals surface area contributed by atoms with Gasteiger partial charge in [-0.3, -0.25) is 9.69 Å². The first kappa shape index (κ1) is 16.0. The maximum absolute atomic E-state index is 12.5. The van der Waals surface area contributed by atoms with Crippen LogP contribution in [0.1, 0.15) is 19.3 Å². The molecule has 0 bridgehead atoms. The van der Waals surface area contributed by atoms with Gasteiger partial charge < -0.3 is 14.6 Å². The van der Waals surface area contributed by atoms with E-state index in [2.05, 4.69) is 16.3 Å². The number of amides is 1. The molecule has 1 N–H and O–H groups in total. The highest BCUT2D eigenvalue weighted by atomic mass is 16.3. The van der Waals surface area contributed by atoms with Crippen LogP contribution >= 0.6 is 0 Å². The normalized spacial score (nSPS) is 23.9. The molecule has 0 spiro atoms. The highest BCUT2D eigenvalue weighted by molar-refractivity contribution is 5.89. The number of carbonyl (C=O) groups is 1. The van der Waals surface area contributed by atoms with Crippen LogP contribution in [0.25, 0.3) is 11.0 Å². The fourth-order valence-electron chi connectivity index (χ4n) is 3.90. The second-order valence-electron chi connectivity index (χ2n) is 6.88. The minimum absolute atomic E-state index is 0.0813. The lowest BCUT2D eigenvalue weighted by atomic mass is 10.2.